The molecule has 0 saturated carbocycles. The molecule has 0 aliphatic carbocycles. The Labute approximate surface area is 166 Å². The minimum Gasteiger partial charge on any atom is -0.493 e. The Kier molecular flexibility index (Phi) is 8.14. The molecule has 2 aromatic rings. The van der Waals surface area contributed by atoms with E-state index in [9.17, 15) is 4.79 Å². The van der Waals surface area contributed by atoms with Crippen LogP contribution in [0.1, 0.15) is 29.7 Å². The molecule has 0 aliphatic rings. The number of hydrogen-bond donors (Lipinski definition) is 1. The number of aryl methyl sites for hydroxylation is 2. The topological polar surface area (TPSA) is 66.0 Å². The van der Waals surface area contributed by atoms with Crippen LogP contribution in [-0.2, 0) is 9.53 Å². The van der Waals surface area contributed by atoms with E-state index in [1.165, 1.54) is 0 Å². The summed E-state index contributed by atoms with van der Waals surface area (Å²) in [5.74, 6) is 1.79. The van der Waals surface area contributed by atoms with Gasteiger partial charge in [-0.25, -0.2) is 0 Å². The molecule has 1 unspecified atom stereocenters. The zero-order valence-electron chi connectivity index (χ0n) is 17.2. The van der Waals surface area contributed by atoms with Gasteiger partial charge in [0.15, 0.2) is 18.1 Å². The fraction of sp³-hybridized carbons (Fsp3) is 0.409. The molecule has 6 heteroatoms. The number of carbonyl (C=O) groups is 1. The third kappa shape index (κ3) is 6.16. The van der Waals surface area contributed by atoms with Gasteiger partial charge >= 0.3 is 0 Å². The van der Waals surface area contributed by atoms with Crippen molar-refractivity contribution in [3.05, 3.63) is 53.1 Å². The Morgan fingerprint density at radius 3 is 2.46 bits per heavy atom. The maximum absolute atomic E-state index is 12.3. The molecular weight excluding hydrogens is 358 g/mol. The zero-order chi connectivity index (χ0) is 20.5. The fourth-order valence-electron chi connectivity index (χ4n) is 2.68. The molecule has 0 aliphatic heterocycles. The average Bonchev–Trinajstić information content (AvgIpc) is 2.69. The van der Waals surface area contributed by atoms with Crippen LogP contribution in [0.3, 0.4) is 0 Å². The third-order valence-electron chi connectivity index (χ3n) is 4.31. The minimum atomic E-state index is -0.198. The summed E-state index contributed by atoms with van der Waals surface area (Å²) < 4.78 is 21.7. The predicted molar refractivity (Wildman–Crippen MR) is 108 cm³/mol. The first kappa shape index (κ1) is 21.6. The van der Waals surface area contributed by atoms with Gasteiger partial charge in [-0.3, -0.25) is 4.79 Å². The maximum Gasteiger partial charge on any atom is 0.258 e. The normalized spacial score (nSPS) is 11.6. The molecule has 0 spiro atoms. The first-order valence-corrected chi connectivity index (χ1v) is 9.23. The molecule has 6 nitrogen and oxygen atoms in total. The van der Waals surface area contributed by atoms with Gasteiger partial charge in [-0.15, -0.1) is 0 Å². The first-order valence-electron chi connectivity index (χ1n) is 9.23. The van der Waals surface area contributed by atoms with E-state index >= 15 is 0 Å². The van der Waals surface area contributed by atoms with Gasteiger partial charge in [0.05, 0.1) is 19.8 Å². The van der Waals surface area contributed by atoms with Gasteiger partial charge in [0.25, 0.3) is 5.91 Å². The van der Waals surface area contributed by atoms with Gasteiger partial charge in [-0.1, -0.05) is 18.2 Å². The highest BCUT2D eigenvalue weighted by Gasteiger charge is 2.14. The zero-order valence-corrected chi connectivity index (χ0v) is 17.2. The molecule has 1 amide bonds. The van der Waals surface area contributed by atoms with E-state index in [0.717, 1.165) is 22.4 Å². The van der Waals surface area contributed by atoms with E-state index in [0.29, 0.717) is 24.7 Å². The van der Waals surface area contributed by atoms with Crippen LogP contribution in [0.15, 0.2) is 36.4 Å². The Balaban J connectivity index is 1.94. The fourth-order valence-corrected chi connectivity index (χ4v) is 2.68. The summed E-state index contributed by atoms with van der Waals surface area (Å²) in [5, 5.41) is 2.94. The van der Waals surface area contributed by atoms with E-state index in [4.69, 9.17) is 18.9 Å². The lowest BCUT2D eigenvalue weighted by Gasteiger charge is -2.18. The van der Waals surface area contributed by atoms with Crippen molar-refractivity contribution >= 4 is 5.91 Å². The summed E-state index contributed by atoms with van der Waals surface area (Å²) >= 11 is 0. The van der Waals surface area contributed by atoms with Crippen molar-refractivity contribution in [3.63, 3.8) is 0 Å². The van der Waals surface area contributed by atoms with Crippen molar-refractivity contribution in [1.82, 2.24) is 5.32 Å². The third-order valence-corrected chi connectivity index (χ3v) is 4.31. The van der Waals surface area contributed by atoms with Crippen LogP contribution >= 0.6 is 0 Å². The SMILES string of the molecule is COCCOc1ccc(C(C)NC(=O)COc2cc(C)ccc2C)cc1OC. The molecule has 28 heavy (non-hydrogen) atoms. The van der Waals surface area contributed by atoms with Crippen LogP contribution in [0.2, 0.25) is 0 Å². The molecule has 1 N–H and O–H groups in total. The summed E-state index contributed by atoms with van der Waals surface area (Å²) in [5.41, 5.74) is 3.01. The van der Waals surface area contributed by atoms with Crippen LogP contribution in [-0.4, -0.2) is 39.9 Å². The van der Waals surface area contributed by atoms with Crippen molar-refractivity contribution in [2.24, 2.45) is 0 Å². The summed E-state index contributed by atoms with van der Waals surface area (Å²) in [4.78, 5) is 12.3. The number of benzene rings is 2. The van der Waals surface area contributed by atoms with Gasteiger partial charge in [0.1, 0.15) is 12.4 Å². The number of nitrogens with one attached hydrogen (secondary N) is 1. The average molecular weight is 387 g/mol. The van der Waals surface area contributed by atoms with E-state index < -0.39 is 0 Å². The second kappa shape index (κ2) is 10.6. The van der Waals surface area contributed by atoms with E-state index in [2.05, 4.69) is 5.32 Å². The van der Waals surface area contributed by atoms with Crippen molar-refractivity contribution in [2.75, 3.05) is 34.0 Å². The Morgan fingerprint density at radius 2 is 1.75 bits per heavy atom. The number of amides is 1. The quantitative estimate of drug-likeness (QED) is 0.631. The summed E-state index contributed by atoms with van der Waals surface area (Å²) in [6.07, 6.45) is 0. The Morgan fingerprint density at radius 1 is 0.964 bits per heavy atom. The second-order valence-electron chi connectivity index (χ2n) is 6.60. The van der Waals surface area contributed by atoms with Crippen molar-refractivity contribution < 1.29 is 23.7 Å². The highest BCUT2D eigenvalue weighted by Crippen LogP contribution is 2.30. The maximum atomic E-state index is 12.3. The molecule has 0 heterocycles. The molecule has 152 valence electrons. The molecular formula is C22H29NO5. The molecule has 2 aromatic carbocycles. The lowest BCUT2D eigenvalue weighted by molar-refractivity contribution is -0.123. The molecule has 0 aromatic heterocycles. The van der Waals surface area contributed by atoms with E-state index in [1.54, 1.807) is 14.2 Å². The van der Waals surface area contributed by atoms with Gasteiger partial charge in [0.2, 0.25) is 0 Å². The molecule has 0 radical (unpaired) electrons. The van der Waals surface area contributed by atoms with Gasteiger partial charge in [0, 0.05) is 7.11 Å². The number of hydrogen-bond acceptors (Lipinski definition) is 5. The van der Waals surface area contributed by atoms with Gasteiger partial charge in [-0.2, -0.15) is 0 Å². The lowest BCUT2D eigenvalue weighted by Crippen LogP contribution is -2.31. The second-order valence-corrected chi connectivity index (χ2v) is 6.60. The molecule has 0 bridgehead atoms. The van der Waals surface area contributed by atoms with Gasteiger partial charge in [-0.05, 0) is 55.7 Å². The lowest BCUT2D eigenvalue weighted by atomic mass is 10.1. The van der Waals surface area contributed by atoms with E-state index in [-0.39, 0.29) is 18.6 Å². The molecule has 2 rings (SSSR count). The smallest absolute Gasteiger partial charge is 0.258 e. The number of methoxy groups -OCH3 is 2. The predicted octanol–water partition coefficient (Wildman–Crippen LogP) is 3.59. The Bertz CT molecular complexity index is 790. The van der Waals surface area contributed by atoms with Crippen LogP contribution in [0.25, 0.3) is 0 Å². The monoisotopic (exact) mass is 387 g/mol. The summed E-state index contributed by atoms with van der Waals surface area (Å²) in [6, 6.07) is 11.3. The number of ether oxygens (including phenoxy) is 4. The van der Waals surface area contributed by atoms with Crippen LogP contribution in [0, 0.1) is 13.8 Å². The molecule has 0 saturated heterocycles. The highest BCUT2D eigenvalue weighted by molar-refractivity contribution is 5.78. The molecule has 1 atom stereocenters. The standard InChI is InChI=1S/C22H29NO5/c1-15-6-7-16(2)20(12-15)28-14-22(24)23-17(3)18-8-9-19(21(13-18)26-5)27-11-10-25-4/h6-9,12-13,17H,10-11,14H2,1-5H3,(H,23,24). The van der Waals surface area contributed by atoms with Crippen molar-refractivity contribution in [2.45, 2.75) is 26.8 Å². The number of carbonyl (C=O) groups excluding carboxylic acids is 1. The summed E-state index contributed by atoms with van der Waals surface area (Å²) in [7, 11) is 3.21. The molecule has 0 fully saturated rings. The first-order chi connectivity index (χ1) is 13.4. The largest absolute Gasteiger partial charge is 0.493 e. The van der Waals surface area contributed by atoms with Crippen LogP contribution in [0.5, 0.6) is 17.2 Å². The highest BCUT2D eigenvalue weighted by atomic mass is 16.5. The van der Waals surface area contributed by atoms with Crippen molar-refractivity contribution in [1.29, 1.82) is 0 Å². The van der Waals surface area contributed by atoms with Crippen LogP contribution < -0.4 is 19.5 Å². The van der Waals surface area contributed by atoms with E-state index in [1.807, 2.05) is 57.2 Å². The number of rotatable bonds is 10. The Hall–Kier alpha value is -2.73. The van der Waals surface area contributed by atoms with Crippen molar-refractivity contribution in [3.8, 4) is 17.2 Å². The van der Waals surface area contributed by atoms with Gasteiger partial charge < -0.3 is 24.3 Å². The van der Waals surface area contributed by atoms with Crippen LogP contribution in [0.4, 0.5) is 0 Å². The minimum absolute atomic E-state index is 0.0377. The summed E-state index contributed by atoms with van der Waals surface area (Å²) in [6.45, 7) is 6.76.